The Balaban J connectivity index is 1.91. The van der Waals surface area contributed by atoms with Crippen LogP contribution in [0.2, 0.25) is 0 Å². The fourth-order valence-corrected chi connectivity index (χ4v) is 3.53. The zero-order chi connectivity index (χ0) is 17.7. The number of amides is 1. The summed E-state index contributed by atoms with van der Waals surface area (Å²) in [4.78, 5) is 14.9. The third-order valence-electron chi connectivity index (χ3n) is 4.44. The van der Waals surface area contributed by atoms with Gasteiger partial charge in [0.15, 0.2) is 9.84 Å². The summed E-state index contributed by atoms with van der Waals surface area (Å²) in [7, 11) is -3.20. The Morgan fingerprint density at radius 3 is 2.42 bits per heavy atom. The molecule has 2 rings (SSSR count). The maximum atomic E-state index is 12.4. The molecule has 1 aromatic carbocycles. The van der Waals surface area contributed by atoms with Crippen molar-refractivity contribution in [2.45, 2.75) is 30.7 Å². The molecule has 0 bridgehead atoms. The fraction of sp³-hybridized carbons (Fsp3) is 0.500. The first-order chi connectivity index (χ1) is 11.3. The number of nitrogens with zero attached hydrogens (tertiary/aromatic N) is 1. The lowest BCUT2D eigenvalue weighted by Gasteiger charge is -2.30. The standard InChI is InChI=1S/C18H24N2O3S/c1-4-11-20-12-9-16(10-13-20)18(21)19-14(2)15-5-7-17(8-6-15)24(3,22)23/h1,5-8,14,16H,9-13H2,2-3H3,(H,19,21)/t14-/m0/s1. The number of carbonyl (C=O) groups is 1. The number of piperidine rings is 1. The number of nitrogens with one attached hydrogen (secondary N) is 1. The second kappa shape index (κ2) is 7.82. The predicted octanol–water partition coefficient (Wildman–Crippen LogP) is 1.61. The van der Waals surface area contributed by atoms with E-state index in [2.05, 4.69) is 16.1 Å². The van der Waals surface area contributed by atoms with Gasteiger partial charge in [0, 0.05) is 12.2 Å². The van der Waals surface area contributed by atoms with Crippen molar-refractivity contribution in [3.63, 3.8) is 0 Å². The van der Waals surface area contributed by atoms with Crippen molar-refractivity contribution in [3.05, 3.63) is 29.8 Å². The second-order valence-corrected chi connectivity index (χ2v) is 8.34. The summed E-state index contributed by atoms with van der Waals surface area (Å²) in [6, 6.07) is 6.49. The Morgan fingerprint density at radius 2 is 1.92 bits per heavy atom. The van der Waals surface area contributed by atoms with Crippen LogP contribution in [0.15, 0.2) is 29.2 Å². The van der Waals surface area contributed by atoms with E-state index in [1.165, 1.54) is 6.26 Å². The topological polar surface area (TPSA) is 66.5 Å². The predicted molar refractivity (Wildman–Crippen MR) is 94.1 cm³/mol. The molecule has 1 atom stereocenters. The molecule has 5 nitrogen and oxygen atoms in total. The van der Waals surface area contributed by atoms with Gasteiger partial charge in [0.25, 0.3) is 0 Å². The van der Waals surface area contributed by atoms with Crippen molar-refractivity contribution in [2.75, 3.05) is 25.9 Å². The molecule has 1 amide bonds. The molecule has 1 aliphatic heterocycles. The SMILES string of the molecule is C#CCN1CCC(C(=O)N[C@@H](C)c2ccc(S(C)(=O)=O)cc2)CC1. The molecule has 0 unspecified atom stereocenters. The molecule has 1 saturated heterocycles. The summed E-state index contributed by atoms with van der Waals surface area (Å²) in [6.07, 6.45) is 8.12. The van der Waals surface area contributed by atoms with Crippen molar-refractivity contribution in [2.24, 2.45) is 5.92 Å². The van der Waals surface area contributed by atoms with E-state index in [1.54, 1.807) is 24.3 Å². The minimum Gasteiger partial charge on any atom is -0.349 e. The van der Waals surface area contributed by atoms with Gasteiger partial charge < -0.3 is 5.32 Å². The minimum absolute atomic E-state index is 0.0109. The van der Waals surface area contributed by atoms with Crippen molar-refractivity contribution in [1.82, 2.24) is 10.2 Å². The molecule has 0 aliphatic carbocycles. The van der Waals surface area contributed by atoms with E-state index >= 15 is 0 Å². The van der Waals surface area contributed by atoms with E-state index in [4.69, 9.17) is 6.42 Å². The average molecular weight is 348 g/mol. The highest BCUT2D eigenvalue weighted by molar-refractivity contribution is 7.90. The molecule has 6 heteroatoms. The molecule has 0 aromatic heterocycles. The number of sulfone groups is 1. The summed E-state index contributed by atoms with van der Waals surface area (Å²) in [5, 5.41) is 3.02. The van der Waals surface area contributed by atoms with Crippen LogP contribution in [0.1, 0.15) is 31.4 Å². The molecule has 130 valence electrons. The van der Waals surface area contributed by atoms with E-state index in [9.17, 15) is 13.2 Å². The van der Waals surface area contributed by atoms with Crippen molar-refractivity contribution in [3.8, 4) is 12.3 Å². The van der Waals surface area contributed by atoms with E-state index in [-0.39, 0.29) is 22.8 Å². The number of rotatable bonds is 5. The van der Waals surface area contributed by atoms with Crippen LogP contribution in [-0.4, -0.2) is 45.1 Å². The summed E-state index contributed by atoms with van der Waals surface area (Å²) < 4.78 is 23.0. The highest BCUT2D eigenvalue weighted by Crippen LogP contribution is 2.20. The minimum atomic E-state index is -3.20. The number of benzene rings is 1. The lowest BCUT2D eigenvalue weighted by molar-refractivity contribution is -0.127. The van der Waals surface area contributed by atoms with Gasteiger partial charge >= 0.3 is 0 Å². The Kier molecular flexibility index (Phi) is 6.03. The Hall–Kier alpha value is -1.84. The van der Waals surface area contributed by atoms with Crippen LogP contribution < -0.4 is 5.32 Å². The van der Waals surface area contributed by atoms with Crippen molar-refractivity contribution >= 4 is 15.7 Å². The molecule has 0 spiro atoms. The third-order valence-corrected chi connectivity index (χ3v) is 5.57. The highest BCUT2D eigenvalue weighted by Gasteiger charge is 2.25. The maximum absolute atomic E-state index is 12.4. The summed E-state index contributed by atoms with van der Waals surface area (Å²) in [6.45, 7) is 4.23. The van der Waals surface area contributed by atoms with E-state index in [0.717, 1.165) is 31.5 Å². The molecular formula is C18H24N2O3S. The van der Waals surface area contributed by atoms with Crippen molar-refractivity contribution in [1.29, 1.82) is 0 Å². The van der Waals surface area contributed by atoms with Gasteiger partial charge in [0.2, 0.25) is 5.91 Å². The van der Waals surface area contributed by atoms with Crippen molar-refractivity contribution < 1.29 is 13.2 Å². The average Bonchev–Trinajstić information content (AvgIpc) is 2.55. The number of terminal acetylenes is 1. The van der Waals surface area contributed by atoms with Gasteiger partial charge in [-0.05, 0) is 50.6 Å². The molecule has 1 fully saturated rings. The number of carbonyl (C=O) groups excluding carboxylic acids is 1. The zero-order valence-electron chi connectivity index (χ0n) is 14.2. The summed E-state index contributed by atoms with van der Waals surface area (Å²) >= 11 is 0. The van der Waals surface area contributed by atoms with Crippen LogP contribution in [-0.2, 0) is 14.6 Å². The Morgan fingerprint density at radius 1 is 1.33 bits per heavy atom. The molecule has 0 radical (unpaired) electrons. The van der Waals surface area contributed by atoms with E-state index in [0.29, 0.717) is 6.54 Å². The lowest BCUT2D eigenvalue weighted by atomic mass is 9.95. The van der Waals surface area contributed by atoms with Crippen LogP contribution in [0.25, 0.3) is 0 Å². The number of hydrogen-bond donors (Lipinski definition) is 1. The highest BCUT2D eigenvalue weighted by atomic mass is 32.2. The normalized spacial score (nSPS) is 17.9. The van der Waals surface area contributed by atoms with Gasteiger partial charge in [-0.25, -0.2) is 8.42 Å². The Bertz CT molecular complexity index is 712. The van der Waals surface area contributed by atoms with Gasteiger partial charge in [-0.1, -0.05) is 18.1 Å². The molecule has 1 aliphatic rings. The first-order valence-corrected chi connectivity index (χ1v) is 9.96. The molecule has 1 aromatic rings. The van der Waals surface area contributed by atoms with Gasteiger partial charge in [-0.2, -0.15) is 0 Å². The summed E-state index contributed by atoms with van der Waals surface area (Å²) in [5.41, 5.74) is 0.889. The van der Waals surface area contributed by atoms with Crippen LogP contribution in [0.5, 0.6) is 0 Å². The van der Waals surface area contributed by atoms with Gasteiger partial charge in [0.1, 0.15) is 0 Å². The second-order valence-electron chi connectivity index (χ2n) is 6.33. The van der Waals surface area contributed by atoms with Crippen LogP contribution >= 0.6 is 0 Å². The van der Waals surface area contributed by atoms with E-state index < -0.39 is 9.84 Å². The van der Waals surface area contributed by atoms with E-state index in [1.807, 2.05) is 6.92 Å². The lowest BCUT2D eigenvalue weighted by Crippen LogP contribution is -2.41. The van der Waals surface area contributed by atoms with Gasteiger partial charge in [-0.15, -0.1) is 6.42 Å². The largest absolute Gasteiger partial charge is 0.349 e. The molecular weight excluding hydrogens is 324 g/mol. The quantitative estimate of drug-likeness (QED) is 0.821. The first-order valence-electron chi connectivity index (χ1n) is 8.07. The van der Waals surface area contributed by atoms with Crippen LogP contribution in [0, 0.1) is 18.3 Å². The maximum Gasteiger partial charge on any atom is 0.223 e. The summed E-state index contributed by atoms with van der Waals surface area (Å²) in [5.74, 6) is 2.69. The molecule has 1 N–H and O–H groups in total. The van der Waals surface area contributed by atoms with Gasteiger partial charge in [-0.3, -0.25) is 9.69 Å². The smallest absolute Gasteiger partial charge is 0.223 e. The van der Waals surface area contributed by atoms with Crippen LogP contribution in [0.4, 0.5) is 0 Å². The first kappa shape index (κ1) is 18.5. The van der Waals surface area contributed by atoms with Crippen LogP contribution in [0.3, 0.4) is 0 Å². The zero-order valence-corrected chi connectivity index (χ0v) is 15.0. The third kappa shape index (κ3) is 4.83. The Labute approximate surface area is 144 Å². The molecule has 0 saturated carbocycles. The number of likely N-dealkylation sites (tertiary alicyclic amines) is 1. The number of hydrogen-bond acceptors (Lipinski definition) is 4. The molecule has 1 heterocycles. The van der Waals surface area contributed by atoms with Gasteiger partial charge in [0.05, 0.1) is 17.5 Å². The fourth-order valence-electron chi connectivity index (χ4n) is 2.90. The monoisotopic (exact) mass is 348 g/mol. The molecule has 24 heavy (non-hydrogen) atoms.